The van der Waals surface area contributed by atoms with Gasteiger partial charge in [-0.2, -0.15) is 5.26 Å². The first-order valence-corrected chi connectivity index (χ1v) is 38.7. The number of thiophene rings is 1. The molecule has 2 aliphatic rings. The number of hydrogen-bond donors (Lipinski definition) is 0. The van der Waals surface area contributed by atoms with E-state index < -0.39 is 53.6 Å². The minimum atomic E-state index is -0.557. The van der Waals surface area contributed by atoms with Crippen LogP contribution >= 0.6 is 11.3 Å². The highest BCUT2D eigenvalue weighted by molar-refractivity contribution is 7.26. The Morgan fingerprint density at radius 3 is 1.52 bits per heavy atom. The Morgan fingerprint density at radius 1 is 0.355 bits per heavy atom. The van der Waals surface area contributed by atoms with Crippen molar-refractivity contribution in [1.29, 1.82) is 5.26 Å². The van der Waals surface area contributed by atoms with Gasteiger partial charge in [-0.05, 0) is 168 Å². The van der Waals surface area contributed by atoms with Crippen LogP contribution < -0.4 is 9.80 Å². The first-order chi connectivity index (χ1) is 56.4. The summed E-state index contributed by atoms with van der Waals surface area (Å²) in [5.41, 5.74) is 23.6. The van der Waals surface area contributed by atoms with Crippen molar-refractivity contribution in [3.05, 3.63) is 360 Å². The molecular formula is C104H81N5S. The van der Waals surface area contributed by atoms with Crippen LogP contribution in [0.1, 0.15) is 117 Å². The first kappa shape index (κ1) is 59.3. The molecule has 110 heavy (non-hydrogen) atoms. The largest absolute Gasteiger partial charge is 0.309 e. The Hall–Kier alpha value is -12.8. The summed E-state index contributed by atoms with van der Waals surface area (Å²) >= 11 is 1.77. The fourth-order valence-corrected chi connectivity index (χ4v) is 18.6. The molecule has 528 valence electrons. The van der Waals surface area contributed by atoms with Crippen molar-refractivity contribution in [3.8, 4) is 73.1 Å². The van der Waals surface area contributed by atoms with Gasteiger partial charge in [0.15, 0.2) is 0 Å². The van der Waals surface area contributed by atoms with Gasteiger partial charge in [-0.3, -0.25) is 0 Å². The summed E-state index contributed by atoms with van der Waals surface area (Å²) in [6.45, 7) is 20.6. The first-order valence-electron chi connectivity index (χ1n) is 41.4. The maximum atomic E-state index is 11.0. The molecular weight excluding hydrogens is 1350 g/mol. The third-order valence-electron chi connectivity index (χ3n) is 22.8. The zero-order valence-corrected chi connectivity index (χ0v) is 63.6. The number of rotatable bonds is 9. The zero-order valence-electron chi connectivity index (χ0n) is 69.8. The smallest absolute Gasteiger partial charge is 0.0991 e. The summed E-state index contributed by atoms with van der Waals surface area (Å²) in [5, 5.41) is 15.2. The van der Waals surface area contributed by atoms with Gasteiger partial charge in [-0.15, -0.1) is 11.3 Å². The lowest BCUT2D eigenvalue weighted by Gasteiger charge is -2.47. The van der Waals surface area contributed by atoms with Crippen LogP contribution in [-0.4, -0.2) is 9.13 Å². The van der Waals surface area contributed by atoms with Crippen molar-refractivity contribution in [2.24, 2.45) is 0 Å². The van der Waals surface area contributed by atoms with Crippen LogP contribution in [0.3, 0.4) is 0 Å². The number of benzene rings is 15. The van der Waals surface area contributed by atoms with Crippen LogP contribution in [0.25, 0.3) is 131 Å². The van der Waals surface area contributed by atoms with Crippen LogP contribution in [0, 0.1) is 11.3 Å². The van der Waals surface area contributed by atoms with Gasteiger partial charge >= 0.3 is 0 Å². The van der Waals surface area contributed by atoms with Crippen molar-refractivity contribution in [2.45, 2.75) is 84.5 Å². The summed E-state index contributed by atoms with van der Waals surface area (Å²) in [6, 6.07) is 100. The summed E-state index contributed by atoms with van der Waals surface area (Å²) in [6.07, 6.45) is 0. The van der Waals surface area contributed by atoms with Crippen LogP contribution in [0.15, 0.2) is 321 Å². The van der Waals surface area contributed by atoms with Gasteiger partial charge in [0, 0.05) is 81.1 Å². The topological polar surface area (TPSA) is 40.1 Å². The maximum Gasteiger partial charge on any atom is 0.0991 e. The highest BCUT2D eigenvalue weighted by atomic mass is 32.1. The molecule has 5 nitrogen and oxygen atoms in total. The number of anilines is 6. The van der Waals surface area contributed by atoms with Crippen LogP contribution in [0.2, 0.25) is 0 Å². The van der Waals surface area contributed by atoms with Crippen LogP contribution in [-0.2, 0) is 16.2 Å². The van der Waals surface area contributed by atoms with Crippen molar-refractivity contribution >= 4 is 109 Å². The van der Waals surface area contributed by atoms with E-state index in [4.69, 9.17) is 0 Å². The molecule has 18 aromatic rings. The summed E-state index contributed by atoms with van der Waals surface area (Å²) < 4.78 is 76.0. The van der Waals surface area contributed by atoms with E-state index in [0.29, 0.717) is 5.69 Å². The normalized spacial score (nSPS) is 14.4. The molecule has 0 amide bonds. The summed E-state index contributed by atoms with van der Waals surface area (Å²) in [7, 11) is 0. The summed E-state index contributed by atoms with van der Waals surface area (Å²) in [4.78, 5) is 5.00. The van der Waals surface area contributed by atoms with E-state index in [2.05, 4.69) is 362 Å². The second kappa shape index (κ2) is 25.2. The molecule has 5 heterocycles. The molecule has 0 spiro atoms. The second-order valence-corrected chi connectivity index (χ2v) is 33.6. The minimum Gasteiger partial charge on any atom is -0.309 e. The SMILES string of the molecule is [2H]c1c([2H])c([2H])c2c(c1[2H])c1c([2H])c(C#N)c([2H])c([2H])c1n2-c1cc2c3c(c1)N(c1c(-c4ccccc4)cc4c(c1-c1ccccc1)c1ccccc1n4-c1ccccc1)c1ccc(-c4cc(C(C)(C)C)cc(C(C)(C)C)c4)cc1C3c1ccc(C(C)(C)C)cc1N2c1c(-c2ccccc2)cc2sc3ccccc3c2c1-c1ccccc1. The average Bonchev–Trinajstić information content (AvgIpc) is 1.64. The third-order valence-corrected chi connectivity index (χ3v) is 23.9. The van der Waals surface area contributed by atoms with E-state index in [1.54, 1.807) is 15.9 Å². The standard InChI is InChI=1S/C104H81N5S/c1-102(2,3)71-49-50-78-88(58-71)109(101-81(66-33-17-11-18-34-66)62-93-98(79-43-27-30-46-92(79)110-93)95(101)68-37-21-13-22-38-68)90-60-75(107-84-44-28-25-41-76(84)82-53-64(63-105)47-51-86(82)107)59-89-99(90)96(78)83-56-69(70-54-72(103(4,5)6)57-73(55-70)104(7,8)9)48-52-87(83)108(89)100-80(65-31-15-10-16-32-65)61-91-97(94(100)67-35-19-12-20-36-67)77-42-26-29-45-85(77)106(91)74-39-23-14-24-40-74/h10-62,96H,1-9H3/i25D,28D,41D,44D,47D,51D,53D. The molecule has 0 aliphatic carbocycles. The molecule has 0 bridgehead atoms. The lowest BCUT2D eigenvalue weighted by molar-refractivity contribution is 0.569. The predicted octanol–water partition coefficient (Wildman–Crippen LogP) is 29.1. The molecule has 6 heteroatoms. The van der Waals surface area contributed by atoms with Crippen molar-refractivity contribution in [2.75, 3.05) is 9.80 Å². The molecule has 0 saturated carbocycles. The van der Waals surface area contributed by atoms with Crippen LogP contribution in [0.4, 0.5) is 34.1 Å². The van der Waals surface area contributed by atoms with Crippen LogP contribution in [0.5, 0.6) is 0 Å². The van der Waals surface area contributed by atoms with E-state index in [9.17, 15) is 14.9 Å². The van der Waals surface area contributed by atoms with E-state index in [-0.39, 0.29) is 38.2 Å². The number of nitriles is 1. The lowest BCUT2D eigenvalue weighted by Crippen LogP contribution is -2.31. The quantitative estimate of drug-likeness (QED) is 0.145. The van der Waals surface area contributed by atoms with Gasteiger partial charge in [-0.1, -0.05) is 293 Å². The molecule has 1 unspecified atom stereocenters. The Morgan fingerprint density at radius 2 is 0.891 bits per heavy atom. The van der Waals surface area contributed by atoms with E-state index in [1.807, 2.05) is 0 Å². The minimum absolute atomic E-state index is 0.000292. The van der Waals surface area contributed by atoms with Crippen molar-refractivity contribution in [1.82, 2.24) is 9.13 Å². The average molecular weight is 1440 g/mol. The van der Waals surface area contributed by atoms with Crippen molar-refractivity contribution in [3.63, 3.8) is 0 Å². The molecule has 0 N–H and O–H groups in total. The number of nitrogens with zero attached hydrogens (tertiary/aromatic N) is 5. The van der Waals surface area contributed by atoms with E-state index in [1.165, 1.54) is 11.1 Å². The zero-order chi connectivity index (χ0) is 80.7. The fourth-order valence-electron chi connectivity index (χ4n) is 17.5. The number of hydrogen-bond acceptors (Lipinski definition) is 4. The molecule has 2 aliphatic heterocycles. The van der Waals surface area contributed by atoms with Gasteiger partial charge in [0.2, 0.25) is 0 Å². The molecule has 3 aromatic heterocycles. The molecule has 0 saturated heterocycles. The van der Waals surface area contributed by atoms with E-state index >= 15 is 0 Å². The van der Waals surface area contributed by atoms with Gasteiger partial charge in [-0.25, -0.2) is 0 Å². The monoisotopic (exact) mass is 1440 g/mol. The Labute approximate surface area is 656 Å². The van der Waals surface area contributed by atoms with E-state index in [0.717, 1.165) is 160 Å². The Kier molecular flexibility index (Phi) is 13.6. The fraction of sp³-hybridized carbons (Fsp3) is 0.125. The van der Waals surface area contributed by atoms with Gasteiger partial charge in [0.25, 0.3) is 0 Å². The molecule has 20 rings (SSSR count). The van der Waals surface area contributed by atoms with Gasteiger partial charge in [0.05, 0.1) is 83.1 Å². The summed E-state index contributed by atoms with van der Waals surface area (Å²) in [5.74, 6) is -0.557. The third kappa shape index (κ3) is 10.5. The molecule has 1 atom stereocenters. The van der Waals surface area contributed by atoms with Crippen molar-refractivity contribution < 1.29 is 9.60 Å². The molecule has 15 aromatic carbocycles. The Balaban J connectivity index is 1.06. The molecule has 0 radical (unpaired) electrons. The van der Waals surface area contributed by atoms with Gasteiger partial charge in [0.1, 0.15) is 0 Å². The maximum absolute atomic E-state index is 11.0. The Bertz CT molecular complexity index is 7250. The predicted molar refractivity (Wildman–Crippen MR) is 466 cm³/mol. The molecule has 0 fully saturated rings. The highest BCUT2D eigenvalue weighted by Gasteiger charge is 2.45. The second-order valence-electron chi connectivity index (χ2n) is 32.6. The van der Waals surface area contributed by atoms with Gasteiger partial charge < -0.3 is 18.9 Å². The highest BCUT2D eigenvalue weighted by Crippen LogP contribution is 2.66. The number of fused-ring (bicyclic) bond motifs is 13. The lowest BCUT2D eigenvalue weighted by atomic mass is 9.73. The number of para-hydroxylation sites is 3. The number of aromatic nitrogens is 2.